The van der Waals surface area contributed by atoms with E-state index in [1.54, 1.807) is 0 Å². The molecule has 1 saturated heterocycles. The van der Waals surface area contributed by atoms with Crippen LogP contribution in [0.1, 0.15) is 19.3 Å². The summed E-state index contributed by atoms with van der Waals surface area (Å²) < 4.78 is 0. The van der Waals surface area contributed by atoms with Crippen molar-refractivity contribution in [1.82, 2.24) is 9.97 Å². The highest BCUT2D eigenvalue weighted by Gasteiger charge is 2.20. The quantitative estimate of drug-likeness (QED) is 0.859. The number of anilines is 1. The van der Waals surface area contributed by atoms with E-state index in [-0.39, 0.29) is 0 Å². The van der Waals surface area contributed by atoms with Crippen LogP contribution in [0.3, 0.4) is 0 Å². The van der Waals surface area contributed by atoms with Gasteiger partial charge >= 0.3 is 0 Å². The second-order valence-electron chi connectivity index (χ2n) is 5.43. The molecule has 0 unspecified atom stereocenters. The van der Waals surface area contributed by atoms with Crippen molar-refractivity contribution in [1.29, 1.82) is 0 Å². The van der Waals surface area contributed by atoms with Gasteiger partial charge in [0, 0.05) is 36.6 Å². The fraction of sp³-hybridized carbons (Fsp3) is 0.500. The molecule has 4 heteroatoms. The Morgan fingerprint density at radius 1 is 1.25 bits per heavy atom. The Labute approximate surface area is 124 Å². The monoisotopic (exact) mass is 287 g/mol. The lowest BCUT2D eigenvalue weighted by Crippen LogP contribution is -2.34. The SMILES string of the molecule is CSCCC1CCN(c2ccnc3cnccc23)CC1. The molecule has 3 rings (SSSR count). The molecule has 3 heterocycles. The molecule has 0 bridgehead atoms. The van der Waals surface area contributed by atoms with Crippen LogP contribution in [0.15, 0.2) is 30.7 Å². The Hall–Kier alpha value is -1.29. The zero-order valence-corrected chi connectivity index (χ0v) is 12.8. The summed E-state index contributed by atoms with van der Waals surface area (Å²) in [7, 11) is 0. The third-order valence-corrected chi connectivity index (χ3v) is 4.85. The predicted octanol–water partition coefficient (Wildman–Crippen LogP) is 3.60. The first kappa shape index (κ1) is 13.7. The second-order valence-corrected chi connectivity index (χ2v) is 6.42. The van der Waals surface area contributed by atoms with E-state index in [1.807, 2.05) is 30.4 Å². The molecule has 0 N–H and O–H groups in total. The minimum atomic E-state index is 0.911. The van der Waals surface area contributed by atoms with Crippen LogP contribution >= 0.6 is 11.8 Å². The topological polar surface area (TPSA) is 29.0 Å². The van der Waals surface area contributed by atoms with Gasteiger partial charge in [-0.25, -0.2) is 0 Å². The predicted molar refractivity (Wildman–Crippen MR) is 87.5 cm³/mol. The molecule has 0 amide bonds. The van der Waals surface area contributed by atoms with Crippen LogP contribution in [-0.4, -0.2) is 35.1 Å². The molecule has 20 heavy (non-hydrogen) atoms. The average molecular weight is 287 g/mol. The summed E-state index contributed by atoms with van der Waals surface area (Å²) in [5.74, 6) is 2.21. The van der Waals surface area contributed by atoms with Crippen LogP contribution in [-0.2, 0) is 0 Å². The van der Waals surface area contributed by atoms with Crippen LogP contribution in [0.4, 0.5) is 5.69 Å². The van der Waals surface area contributed by atoms with Gasteiger partial charge in [-0.1, -0.05) is 0 Å². The number of hydrogen-bond donors (Lipinski definition) is 0. The van der Waals surface area contributed by atoms with Crippen LogP contribution in [0, 0.1) is 5.92 Å². The summed E-state index contributed by atoms with van der Waals surface area (Å²) in [6.45, 7) is 2.33. The second kappa shape index (κ2) is 6.44. The summed E-state index contributed by atoms with van der Waals surface area (Å²) in [5.41, 5.74) is 2.32. The number of fused-ring (bicyclic) bond motifs is 1. The maximum absolute atomic E-state index is 4.40. The molecule has 0 radical (unpaired) electrons. The zero-order valence-electron chi connectivity index (χ0n) is 12.0. The molecule has 1 aliphatic rings. The van der Waals surface area contributed by atoms with Crippen molar-refractivity contribution in [2.24, 2.45) is 5.92 Å². The van der Waals surface area contributed by atoms with E-state index >= 15 is 0 Å². The molecular formula is C16H21N3S. The first-order chi connectivity index (χ1) is 9.88. The molecule has 2 aromatic rings. The summed E-state index contributed by atoms with van der Waals surface area (Å²) in [5, 5.41) is 1.23. The molecule has 0 spiro atoms. The maximum Gasteiger partial charge on any atom is 0.0905 e. The van der Waals surface area contributed by atoms with Gasteiger partial charge in [0.1, 0.15) is 0 Å². The average Bonchev–Trinajstić information content (AvgIpc) is 2.53. The lowest BCUT2D eigenvalue weighted by Gasteiger charge is -2.34. The van der Waals surface area contributed by atoms with Crippen LogP contribution in [0.25, 0.3) is 10.9 Å². The number of hydrogen-bond acceptors (Lipinski definition) is 4. The minimum absolute atomic E-state index is 0.911. The van der Waals surface area contributed by atoms with Crippen molar-refractivity contribution >= 4 is 28.4 Å². The highest BCUT2D eigenvalue weighted by molar-refractivity contribution is 7.98. The van der Waals surface area contributed by atoms with Crippen LogP contribution < -0.4 is 4.90 Å². The van der Waals surface area contributed by atoms with Crippen LogP contribution in [0.5, 0.6) is 0 Å². The van der Waals surface area contributed by atoms with E-state index in [1.165, 1.54) is 49.2 Å². The van der Waals surface area contributed by atoms with Gasteiger partial charge < -0.3 is 4.90 Å². The maximum atomic E-state index is 4.40. The standard InChI is InChI=1S/C16H21N3S/c1-20-11-6-13-4-9-19(10-5-13)16-3-8-18-15-12-17-7-2-14(15)16/h2-3,7-8,12-13H,4-6,9-11H2,1H3. The fourth-order valence-electron chi connectivity index (χ4n) is 3.01. The lowest BCUT2D eigenvalue weighted by molar-refractivity contribution is 0.398. The number of pyridine rings is 2. The molecule has 0 aromatic carbocycles. The van der Waals surface area contributed by atoms with Gasteiger partial charge in [0.05, 0.1) is 11.7 Å². The molecule has 1 fully saturated rings. The first-order valence-corrected chi connectivity index (χ1v) is 8.70. The van der Waals surface area contributed by atoms with E-state index in [9.17, 15) is 0 Å². The van der Waals surface area contributed by atoms with Crippen molar-refractivity contribution < 1.29 is 0 Å². The van der Waals surface area contributed by atoms with Gasteiger partial charge in [-0.15, -0.1) is 0 Å². The molecule has 0 atom stereocenters. The number of aromatic nitrogens is 2. The van der Waals surface area contributed by atoms with Crippen molar-refractivity contribution in [3.63, 3.8) is 0 Å². The largest absolute Gasteiger partial charge is 0.371 e. The number of thioether (sulfide) groups is 1. The Morgan fingerprint density at radius 3 is 2.90 bits per heavy atom. The number of nitrogens with zero attached hydrogens (tertiary/aromatic N) is 3. The van der Waals surface area contributed by atoms with Gasteiger partial charge in [0.2, 0.25) is 0 Å². The van der Waals surface area contributed by atoms with Gasteiger partial charge in [0.15, 0.2) is 0 Å². The Bertz CT molecular complexity index is 559. The van der Waals surface area contributed by atoms with Crippen molar-refractivity contribution in [3.05, 3.63) is 30.7 Å². The van der Waals surface area contributed by atoms with Crippen LogP contribution in [0.2, 0.25) is 0 Å². The summed E-state index contributed by atoms with van der Waals surface area (Å²) in [6, 6.07) is 4.22. The number of rotatable bonds is 4. The third-order valence-electron chi connectivity index (χ3n) is 4.21. The van der Waals surface area contributed by atoms with E-state index in [4.69, 9.17) is 0 Å². The van der Waals surface area contributed by atoms with E-state index in [2.05, 4.69) is 33.3 Å². The summed E-state index contributed by atoms with van der Waals surface area (Å²) in [4.78, 5) is 11.1. The van der Waals surface area contributed by atoms with E-state index in [0.717, 1.165) is 11.4 Å². The molecule has 106 valence electrons. The molecular weight excluding hydrogens is 266 g/mol. The zero-order chi connectivity index (χ0) is 13.8. The Morgan fingerprint density at radius 2 is 2.10 bits per heavy atom. The highest BCUT2D eigenvalue weighted by atomic mass is 32.2. The number of piperidine rings is 1. The molecule has 0 aliphatic carbocycles. The van der Waals surface area contributed by atoms with Gasteiger partial charge in [-0.2, -0.15) is 11.8 Å². The highest BCUT2D eigenvalue weighted by Crippen LogP contribution is 2.30. The molecule has 3 nitrogen and oxygen atoms in total. The van der Waals surface area contributed by atoms with E-state index in [0.29, 0.717) is 0 Å². The minimum Gasteiger partial charge on any atom is -0.371 e. The molecule has 2 aromatic heterocycles. The van der Waals surface area contributed by atoms with Gasteiger partial charge in [0.25, 0.3) is 0 Å². The van der Waals surface area contributed by atoms with Crippen molar-refractivity contribution in [2.45, 2.75) is 19.3 Å². The van der Waals surface area contributed by atoms with Gasteiger partial charge in [-0.05, 0) is 49.3 Å². The third kappa shape index (κ3) is 2.90. The normalized spacial score (nSPS) is 16.8. The lowest BCUT2D eigenvalue weighted by atomic mass is 9.94. The smallest absolute Gasteiger partial charge is 0.0905 e. The first-order valence-electron chi connectivity index (χ1n) is 7.31. The molecule has 0 saturated carbocycles. The Balaban J connectivity index is 1.74. The van der Waals surface area contributed by atoms with Gasteiger partial charge in [-0.3, -0.25) is 9.97 Å². The Kier molecular flexibility index (Phi) is 4.41. The van der Waals surface area contributed by atoms with E-state index < -0.39 is 0 Å². The van der Waals surface area contributed by atoms with Crippen molar-refractivity contribution in [2.75, 3.05) is 30.0 Å². The fourth-order valence-corrected chi connectivity index (χ4v) is 3.58. The summed E-state index contributed by atoms with van der Waals surface area (Å²) in [6.07, 6.45) is 11.8. The molecule has 1 aliphatic heterocycles. The van der Waals surface area contributed by atoms with Crippen molar-refractivity contribution in [3.8, 4) is 0 Å². The summed E-state index contributed by atoms with van der Waals surface area (Å²) >= 11 is 1.97.